The maximum Gasteiger partial charge on any atom is 0.329 e. The number of aryl methyl sites for hydroxylation is 1. The van der Waals surface area contributed by atoms with E-state index in [0.717, 1.165) is 27.6 Å². The zero-order valence-corrected chi connectivity index (χ0v) is 20.9. The van der Waals surface area contributed by atoms with Crippen LogP contribution in [0.3, 0.4) is 0 Å². The van der Waals surface area contributed by atoms with E-state index in [1.807, 2.05) is 68.4 Å². The fraction of sp³-hybridized carbons (Fsp3) is 0.161. The van der Waals surface area contributed by atoms with E-state index in [-0.39, 0.29) is 18.1 Å². The molecule has 4 aromatic rings. The van der Waals surface area contributed by atoms with Gasteiger partial charge in [0, 0.05) is 0 Å². The van der Waals surface area contributed by atoms with Crippen LogP contribution in [0.15, 0.2) is 90.6 Å². The highest BCUT2D eigenvalue weighted by atomic mass is 16.5. The Hall–Kier alpha value is -4.58. The highest BCUT2D eigenvalue weighted by molar-refractivity contribution is 6.13. The van der Waals surface area contributed by atoms with E-state index in [4.69, 9.17) is 9.47 Å². The first-order chi connectivity index (χ1) is 18.0. The Morgan fingerprint density at radius 2 is 1.57 bits per heavy atom. The van der Waals surface area contributed by atoms with Gasteiger partial charge in [-0.25, -0.2) is 4.79 Å². The average Bonchev–Trinajstić information content (AvgIpc) is 3.16. The summed E-state index contributed by atoms with van der Waals surface area (Å²) in [5.41, 5.74) is 4.02. The molecule has 5 rings (SSSR count). The molecule has 1 heterocycles. The molecule has 6 nitrogen and oxygen atoms in total. The predicted octanol–water partition coefficient (Wildman–Crippen LogP) is 6.22. The summed E-state index contributed by atoms with van der Waals surface area (Å²) in [6.45, 7) is 4.98. The Morgan fingerprint density at radius 3 is 2.35 bits per heavy atom. The van der Waals surface area contributed by atoms with Crippen molar-refractivity contribution in [1.29, 1.82) is 0 Å². The van der Waals surface area contributed by atoms with Crippen LogP contribution in [-0.4, -0.2) is 23.4 Å². The number of urea groups is 1. The van der Waals surface area contributed by atoms with Gasteiger partial charge in [0.05, 0.1) is 13.2 Å². The minimum Gasteiger partial charge on any atom is -0.490 e. The van der Waals surface area contributed by atoms with Crippen LogP contribution in [0.2, 0.25) is 0 Å². The number of nitrogens with one attached hydrogen (secondary N) is 1. The molecule has 0 aromatic heterocycles. The summed E-state index contributed by atoms with van der Waals surface area (Å²) in [5, 5.41) is 5.03. The van der Waals surface area contributed by atoms with Gasteiger partial charge in [-0.3, -0.25) is 9.69 Å². The lowest BCUT2D eigenvalue weighted by molar-refractivity contribution is -0.123. The molecular formula is C31H28N2O4. The van der Waals surface area contributed by atoms with E-state index in [1.54, 1.807) is 6.08 Å². The molecule has 6 heteroatoms. The van der Waals surface area contributed by atoms with Gasteiger partial charge in [0.1, 0.15) is 12.3 Å². The van der Waals surface area contributed by atoms with E-state index in [1.165, 1.54) is 10.3 Å². The van der Waals surface area contributed by atoms with Crippen molar-refractivity contribution in [2.24, 2.45) is 0 Å². The smallest absolute Gasteiger partial charge is 0.329 e. The van der Waals surface area contributed by atoms with Crippen LogP contribution in [0.1, 0.15) is 29.2 Å². The molecule has 1 aliphatic rings. The molecule has 1 aliphatic heterocycles. The lowest BCUT2D eigenvalue weighted by Gasteiger charge is -2.13. The number of fused-ring (bicyclic) bond motifs is 1. The number of nitrogens with zero attached hydrogens (tertiary/aromatic N) is 1. The number of hydrogen-bond acceptors (Lipinski definition) is 4. The summed E-state index contributed by atoms with van der Waals surface area (Å²) in [5.74, 6) is 0.825. The summed E-state index contributed by atoms with van der Waals surface area (Å²) >= 11 is 0. The number of ether oxygens (including phenoxy) is 2. The Morgan fingerprint density at radius 1 is 0.811 bits per heavy atom. The molecule has 3 amide bonds. The lowest BCUT2D eigenvalue weighted by atomic mass is 10.1. The van der Waals surface area contributed by atoms with Gasteiger partial charge in [-0.1, -0.05) is 72.3 Å². The minimum atomic E-state index is -0.433. The third-order valence-corrected chi connectivity index (χ3v) is 6.21. The topological polar surface area (TPSA) is 67.9 Å². The highest BCUT2D eigenvalue weighted by Gasteiger charge is 2.33. The molecule has 4 aromatic carbocycles. The standard InChI is InChI=1S/C31H28N2O4/c1-3-36-29-18-23(13-15-28(29)37-20-24-12-14-25-6-4-5-7-26(25)16-24)17-27-30(34)33(31(35)32-27)19-22-10-8-21(2)9-11-22/h4-18H,3,19-20H2,1-2H3,(H,32,35)/b27-17+. The van der Waals surface area contributed by atoms with Gasteiger partial charge in [0.2, 0.25) is 0 Å². The maximum absolute atomic E-state index is 12.9. The summed E-state index contributed by atoms with van der Waals surface area (Å²) in [4.78, 5) is 26.6. The van der Waals surface area contributed by atoms with Gasteiger partial charge >= 0.3 is 6.03 Å². The fourth-order valence-corrected chi connectivity index (χ4v) is 4.25. The summed E-state index contributed by atoms with van der Waals surface area (Å²) in [6.07, 6.45) is 1.66. The molecule has 0 radical (unpaired) electrons. The maximum atomic E-state index is 12.9. The van der Waals surface area contributed by atoms with E-state index < -0.39 is 6.03 Å². The van der Waals surface area contributed by atoms with Gasteiger partial charge in [-0.2, -0.15) is 0 Å². The SMILES string of the molecule is CCOc1cc(/C=C2/NC(=O)N(Cc3ccc(C)cc3)C2=O)ccc1OCc1ccc2ccccc2c1. The van der Waals surface area contributed by atoms with Crippen molar-refractivity contribution in [1.82, 2.24) is 10.2 Å². The zero-order chi connectivity index (χ0) is 25.8. The van der Waals surface area contributed by atoms with Gasteiger partial charge < -0.3 is 14.8 Å². The van der Waals surface area contributed by atoms with E-state index in [2.05, 4.69) is 35.6 Å². The second-order valence-electron chi connectivity index (χ2n) is 8.97. The first-order valence-electron chi connectivity index (χ1n) is 12.3. The Bertz CT molecular complexity index is 1490. The number of carbonyl (C=O) groups is 2. The highest BCUT2D eigenvalue weighted by Crippen LogP contribution is 2.31. The molecule has 0 spiro atoms. The zero-order valence-electron chi connectivity index (χ0n) is 20.9. The largest absolute Gasteiger partial charge is 0.490 e. The Kier molecular flexibility index (Phi) is 6.90. The van der Waals surface area contributed by atoms with Crippen molar-refractivity contribution in [3.8, 4) is 11.5 Å². The number of rotatable bonds is 8. The van der Waals surface area contributed by atoms with E-state index >= 15 is 0 Å². The molecule has 0 aliphatic carbocycles. The van der Waals surface area contributed by atoms with Crippen molar-refractivity contribution in [2.45, 2.75) is 27.0 Å². The predicted molar refractivity (Wildman–Crippen MR) is 144 cm³/mol. The average molecular weight is 493 g/mol. The summed E-state index contributed by atoms with van der Waals surface area (Å²) < 4.78 is 11.9. The van der Waals surface area contributed by atoms with Crippen LogP contribution in [0.5, 0.6) is 11.5 Å². The van der Waals surface area contributed by atoms with Gasteiger partial charge in [-0.15, -0.1) is 0 Å². The van der Waals surface area contributed by atoms with Crippen molar-refractivity contribution in [2.75, 3.05) is 6.61 Å². The summed E-state index contributed by atoms with van der Waals surface area (Å²) in [7, 11) is 0. The minimum absolute atomic E-state index is 0.216. The quantitative estimate of drug-likeness (QED) is 0.234. The van der Waals surface area contributed by atoms with Gasteiger partial charge in [0.15, 0.2) is 11.5 Å². The van der Waals surface area contributed by atoms with Crippen LogP contribution < -0.4 is 14.8 Å². The number of carbonyl (C=O) groups excluding carboxylic acids is 2. The van der Waals surface area contributed by atoms with Crippen molar-refractivity contribution in [3.05, 3.63) is 113 Å². The normalized spacial score (nSPS) is 14.3. The Labute approximate surface area is 216 Å². The number of imide groups is 1. The molecule has 1 saturated heterocycles. The van der Waals surface area contributed by atoms with Crippen LogP contribution in [0.25, 0.3) is 16.8 Å². The first kappa shape index (κ1) is 24.1. The molecule has 0 atom stereocenters. The molecule has 186 valence electrons. The van der Waals surface area contributed by atoms with Crippen LogP contribution in [0, 0.1) is 6.92 Å². The molecule has 0 bridgehead atoms. The second-order valence-corrected chi connectivity index (χ2v) is 8.97. The van der Waals surface area contributed by atoms with E-state index in [0.29, 0.717) is 24.7 Å². The van der Waals surface area contributed by atoms with Crippen LogP contribution >= 0.6 is 0 Å². The van der Waals surface area contributed by atoms with Crippen LogP contribution in [0.4, 0.5) is 4.79 Å². The molecule has 37 heavy (non-hydrogen) atoms. The first-order valence-corrected chi connectivity index (χ1v) is 12.3. The number of amides is 3. The second kappa shape index (κ2) is 10.6. The van der Waals surface area contributed by atoms with Crippen LogP contribution in [-0.2, 0) is 17.9 Å². The fourth-order valence-electron chi connectivity index (χ4n) is 4.25. The third kappa shape index (κ3) is 5.48. The Balaban J connectivity index is 1.31. The summed E-state index contributed by atoms with van der Waals surface area (Å²) in [6, 6.07) is 27.3. The molecule has 1 N–H and O–H groups in total. The molecule has 0 saturated carbocycles. The van der Waals surface area contributed by atoms with Crippen molar-refractivity contribution in [3.63, 3.8) is 0 Å². The monoisotopic (exact) mass is 492 g/mol. The number of hydrogen-bond donors (Lipinski definition) is 1. The van der Waals surface area contributed by atoms with Gasteiger partial charge in [0.25, 0.3) is 5.91 Å². The lowest BCUT2D eigenvalue weighted by Crippen LogP contribution is -2.30. The van der Waals surface area contributed by atoms with Crippen molar-refractivity contribution >= 4 is 28.8 Å². The molecule has 1 fully saturated rings. The van der Waals surface area contributed by atoms with Gasteiger partial charge in [-0.05, 0) is 65.6 Å². The number of benzene rings is 4. The molecular weight excluding hydrogens is 464 g/mol. The van der Waals surface area contributed by atoms with Crippen molar-refractivity contribution < 1.29 is 19.1 Å². The molecule has 0 unspecified atom stereocenters. The van der Waals surface area contributed by atoms with E-state index in [9.17, 15) is 9.59 Å². The third-order valence-electron chi connectivity index (χ3n) is 6.21.